The van der Waals surface area contributed by atoms with E-state index in [0.717, 1.165) is 16.9 Å². The summed E-state index contributed by atoms with van der Waals surface area (Å²) in [6.45, 7) is 1.92. The SMILES string of the molecule is C[C@H](N)c1ccc(NC(=O)Nc2ccccc2)cc1. The highest BCUT2D eigenvalue weighted by molar-refractivity contribution is 5.99. The van der Waals surface area contributed by atoms with E-state index in [0.29, 0.717) is 0 Å². The number of carbonyl (C=O) groups excluding carboxylic acids is 1. The number of para-hydroxylation sites is 1. The van der Waals surface area contributed by atoms with Crippen LogP contribution in [0.25, 0.3) is 0 Å². The maximum atomic E-state index is 11.8. The van der Waals surface area contributed by atoms with Crippen LogP contribution in [0.4, 0.5) is 16.2 Å². The minimum absolute atomic E-state index is 0.00723. The molecule has 4 N–H and O–H groups in total. The molecule has 4 heteroatoms. The molecule has 0 spiro atoms. The summed E-state index contributed by atoms with van der Waals surface area (Å²) in [5, 5.41) is 5.52. The van der Waals surface area contributed by atoms with Crippen LogP contribution in [0, 0.1) is 0 Å². The molecule has 2 aromatic rings. The summed E-state index contributed by atoms with van der Waals surface area (Å²) < 4.78 is 0. The van der Waals surface area contributed by atoms with Gasteiger partial charge in [-0.3, -0.25) is 0 Å². The molecule has 0 aliphatic heterocycles. The molecule has 0 bridgehead atoms. The molecule has 0 aliphatic carbocycles. The third-order valence-electron chi connectivity index (χ3n) is 2.73. The zero-order chi connectivity index (χ0) is 13.7. The molecule has 2 amide bonds. The second kappa shape index (κ2) is 6.02. The van der Waals surface area contributed by atoms with E-state index in [-0.39, 0.29) is 12.1 Å². The smallest absolute Gasteiger partial charge is 0.323 e. The molecule has 2 aromatic carbocycles. The third kappa shape index (κ3) is 3.82. The van der Waals surface area contributed by atoms with Crippen molar-refractivity contribution < 1.29 is 4.79 Å². The van der Waals surface area contributed by atoms with Crippen LogP contribution in [0.15, 0.2) is 54.6 Å². The molecule has 0 saturated heterocycles. The standard InChI is InChI=1S/C15H17N3O/c1-11(16)12-7-9-14(10-8-12)18-15(19)17-13-5-3-2-4-6-13/h2-11H,16H2,1H3,(H2,17,18,19)/t11-/m0/s1. The van der Waals surface area contributed by atoms with Crippen LogP contribution in [0.2, 0.25) is 0 Å². The van der Waals surface area contributed by atoms with Gasteiger partial charge in [0, 0.05) is 17.4 Å². The number of anilines is 2. The van der Waals surface area contributed by atoms with Crippen molar-refractivity contribution in [1.29, 1.82) is 0 Å². The number of rotatable bonds is 3. The number of urea groups is 1. The average molecular weight is 255 g/mol. The number of benzene rings is 2. The first-order chi connectivity index (χ1) is 9.15. The van der Waals surface area contributed by atoms with Crippen molar-refractivity contribution in [2.75, 3.05) is 10.6 Å². The third-order valence-corrected chi connectivity index (χ3v) is 2.73. The lowest BCUT2D eigenvalue weighted by Crippen LogP contribution is -2.19. The van der Waals surface area contributed by atoms with Crippen molar-refractivity contribution in [3.05, 3.63) is 60.2 Å². The fraction of sp³-hybridized carbons (Fsp3) is 0.133. The van der Waals surface area contributed by atoms with Crippen LogP contribution in [0.3, 0.4) is 0 Å². The van der Waals surface area contributed by atoms with Gasteiger partial charge in [-0.25, -0.2) is 4.79 Å². The topological polar surface area (TPSA) is 67.1 Å². The summed E-state index contributed by atoms with van der Waals surface area (Å²) >= 11 is 0. The van der Waals surface area contributed by atoms with Gasteiger partial charge < -0.3 is 16.4 Å². The van der Waals surface area contributed by atoms with Crippen molar-refractivity contribution in [3.63, 3.8) is 0 Å². The van der Waals surface area contributed by atoms with E-state index >= 15 is 0 Å². The Morgan fingerprint density at radius 1 is 0.947 bits per heavy atom. The molecule has 0 saturated carbocycles. The lowest BCUT2D eigenvalue weighted by Gasteiger charge is -2.09. The van der Waals surface area contributed by atoms with Gasteiger partial charge in [0.15, 0.2) is 0 Å². The highest BCUT2D eigenvalue weighted by Crippen LogP contribution is 2.14. The molecule has 0 fully saturated rings. The summed E-state index contributed by atoms with van der Waals surface area (Å²) in [5.74, 6) is 0. The summed E-state index contributed by atoms with van der Waals surface area (Å²) in [7, 11) is 0. The van der Waals surface area contributed by atoms with Gasteiger partial charge in [-0.05, 0) is 36.8 Å². The molecule has 19 heavy (non-hydrogen) atoms. The zero-order valence-corrected chi connectivity index (χ0v) is 10.8. The van der Waals surface area contributed by atoms with Crippen molar-refractivity contribution in [3.8, 4) is 0 Å². The molecule has 1 atom stereocenters. The first-order valence-electron chi connectivity index (χ1n) is 6.14. The Balaban J connectivity index is 1.95. The molecule has 0 aliphatic rings. The summed E-state index contributed by atoms with van der Waals surface area (Å²) in [5.41, 5.74) is 8.29. The van der Waals surface area contributed by atoms with Gasteiger partial charge in [0.25, 0.3) is 0 Å². The van der Waals surface area contributed by atoms with Crippen molar-refractivity contribution in [2.24, 2.45) is 5.73 Å². The summed E-state index contributed by atoms with van der Waals surface area (Å²) in [6.07, 6.45) is 0. The lowest BCUT2D eigenvalue weighted by atomic mass is 10.1. The van der Waals surface area contributed by atoms with Crippen molar-refractivity contribution >= 4 is 17.4 Å². The number of amides is 2. The monoisotopic (exact) mass is 255 g/mol. The second-order valence-corrected chi connectivity index (χ2v) is 4.36. The van der Waals surface area contributed by atoms with Gasteiger partial charge in [-0.2, -0.15) is 0 Å². The molecule has 98 valence electrons. The van der Waals surface area contributed by atoms with Gasteiger partial charge in [0.1, 0.15) is 0 Å². The lowest BCUT2D eigenvalue weighted by molar-refractivity contribution is 0.262. The fourth-order valence-corrected chi connectivity index (χ4v) is 1.68. The Kier molecular flexibility index (Phi) is 4.15. The number of nitrogens with one attached hydrogen (secondary N) is 2. The number of hydrogen-bond acceptors (Lipinski definition) is 2. The molecular formula is C15H17N3O. The van der Waals surface area contributed by atoms with E-state index < -0.39 is 0 Å². The maximum Gasteiger partial charge on any atom is 0.323 e. The maximum absolute atomic E-state index is 11.8. The molecule has 0 unspecified atom stereocenters. The molecule has 0 aromatic heterocycles. The quantitative estimate of drug-likeness (QED) is 0.787. The Morgan fingerprint density at radius 3 is 2.00 bits per heavy atom. The first kappa shape index (κ1) is 13.1. The van der Waals surface area contributed by atoms with Gasteiger partial charge >= 0.3 is 6.03 Å². The van der Waals surface area contributed by atoms with Gasteiger partial charge in [-0.1, -0.05) is 30.3 Å². The van der Waals surface area contributed by atoms with Gasteiger partial charge in [0.05, 0.1) is 0 Å². The number of hydrogen-bond donors (Lipinski definition) is 3. The van der Waals surface area contributed by atoms with E-state index in [1.165, 1.54) is 0 Å². The van der Waals surface area contributed by atoms with Gasteiger partial charge in [-0.15, -0.1) is 0 Å². The van der Waals surface area contributed by atoms with Crippen LogP contribution >= 0.6 is 0 Å². The molecule has 2 rings (SSSR count). The average Bonchev–Trinajstić information content (AvgIpc) is 2.40. The van der Waals surface area contributed by atoms with E-state index in [1.807, 2.05) is 61.5 Å². The van der Waals surface area contributed by atoms with E-state index in [9.17, 15) is 4.79 Å². The van der Waals surface area contributed by atoms with Crippen LogP contribution in [0.5, 0.6) is 0 Å². The van der Waals surface area contributed by atoms with Crippen LogP contribution in [-0.4, -0.2) is 6.03 Å². The predicted octanol–water partition coefficient (Wildman–Crippen LogP) is 3.35. The molecule has 4 nitrogen and oxygen atoms in total. The van der Waals surface area contributed by atoms with E-state index in [1.54, 1.807) is 0 Å². The molecular weight excluding hydrogens is 238 g/mol. The zero-order valence-electron chi connectivity index (χ0n) is 10.8. The summed E-state index contributed by atoms with van der Waals surface area (Å²) in [6, 6.07) is 16.5. The first-order valence-corrected chi connectivity index (χ1v) is 6.14. The second-order valence-electron chi connectivity index (χ2n) is 4.36. The predicted molar refractivity (Wildman–Crippen MR) is 78.1 cm³/mol. The largest absolute Gasteiger partial charge is 0.324 e. The Morgan fingerprint density at radius 2 is 1.47 bits per heavy atom. The minimum Gasteiger partial charge on any atom is -0.324 e. The van der Waals surface area contributed by atoms with E-state index in [2.05, 4.69) is 10.6 Å². The normalized spacial score (nSPS) is 11.7. The van der Waals surface area contributed by atoms with Crippen molar-refractivity contribution in [2.45, 2.75) is 13.0 Å². The Bertz CT molecular complexity index is 535. The number of carbonyl (C=O) groups is 1. The Hall–Kier alpha value is -2.33. The summed E-state index contributed by atoms with van der Waals surface area (Å²) in [4.78, 5) is 11.8. The van der Waals surface area contributed by atoms with Crippen molar-refractivity contribution in [1.82, 2.24) is 0 Å². The van der Waals surface area contributed by atoms with E-state index in [4.69, 9.17) is 5.73 Å². The highest BCUT2D eigenvalue weighted by atomic mass is 16.2. The van der Waals surface area contributed by atoms with Crippen LogP contribution < -0.4 is 16.4 Å². The molecule has 0 heterocycles. The minimum atomic E-state index is -0.264. The molecule has 0 radical (unpaired) electrons. The fourth-order valence-electron chi connectivity index (χ4n) is 1.68. The van der Waals surface area contributed by atoms with Gasteiger partial charge in [0.2, 0.25) is 0 Å². The van der Waals surface area contributed by atoms with Crippen LogP contribution in [-0.2, 0) is 0 Å². The highest BCUT2D eigenvalue weighted by Gasteiger charge is 2.03. The van der Waals surface area contributed by atoms with Crippen LogP contribution in [0.1, 0.15) is 18.5 Å². The Labute approximate surface area is 112 Å². The number of nitrogens with two attached hydrogens (primary N) is 1.